The molecule has 4 aliphatic carbocycles. The molecule has 5 aromatic rings. The van der Waals surface area contributed by atoms with Gasteiger partial charge in [0.2, 0.25) is 0 Å². The highest BCUT2D eigenvalue weighted by Crippen LogP contribution is 2.46. The van der Waals surface area contributed by atoms with Gasteiger partial charge in [0.1, 0.15) is 0 Å². The molecule has 4 aliphatic rings. The summed E-state index contributed by atoms with van der Waals surface area (Å²) >= 11 is 0. The first-order chi connectivity index (χ1) is 32.7. The number of fused-ring (bicyclic) bond motifs is 5. The molecule has 0 aliphatic heterocycles. The van der Waals surface area contributed by atoms with Crippen LogP contribution >= 0.6 is 0 Å². The normalized spacial score (nSPS) is 16.8. The van der Waals surface area contributed by atoms with Crippen LogP contribution in [-0.4, -0.2) is 4.57 Å². The summed E-state index contributed by atoms with van der Waals surface area (Å²) in [6.45, 7) is 26.1. The van der Waals surface area contributed by atoms with E-state index in [1.54, 1.807) is 11.1 Å². The zero-order valence-corrected chi connectivity index (χ0v) is 42.8. The van der Waals surface area contributed by atoms with Crippen LogP contribution in [-0.2, 0) is 6.42 Å². The van der Waals surface area contributed by atoms with Crippen molar-refractivity contribution in [3.8, 4) is 27.9 Å². The predicted molar refractivity (Wildman–Crippen MR) is 296 cm³/mol. The van der Waals surface area contributed by atoms with Gasteiger partial charge >= 0.3 is 0 Å². The Hall–Kier alpha value is -5.88. The molecule has 4 aromatic carbocycles. The van der Waals surface area contributed by atoms with Gasteiger partial charge < -0.3 is 4.57 Å². The number of benzene rings is 4. The molecule has 1 heteroatoms. The van der Waals surface area contributed by atoms with Crippen molar-refractivity contribution < 1.29 is 0 Å². The zero-order chi connectivity index (χ0) is 47.9. The standard InChI is InChI=1S/C47H47N.C15H20.2C2H6/c1-6-14-40(46(32(2)3)41-19-12-10-15-33(41)4)34(5)21-22-35-23-29-43-44(30-24-35)48(45-31-38-18-11-13-20-42(38)47(43)45)39-27-25-37(26-28-39)36-16-8-7-9-17-36;1-12-4-3-5-14(9-6-12)15-10-7-13(2)8-11-15;2*1-2/h6-11,13,15-18,20-21,23,25-30,32,40,46H,1,12,14,19,22,31H2,2-5H3;7-12H,3-6H2,1-2H3;2*1-2H3/b34-21-;;;. The van der Waals surface area contributed by atoms with Gasteiger partial charge in [0.25, 0.3) is 0 Å². The number of nitrogens with zero attached hydrogens (tertiary/aromatic N) is 1. The average Bonchev–Trinajstić information content (AvgIpc) is 3.68. The van der Waals surface area contributed by atoms with Crippen molar-refractivity contribution in [3.05, 3.63) is 208 Å². The van der Waals surface area contributed by atoms with E-state index in [9.17, 15) is 0 Å². The maximum absolute atomic E-state index is 4.17. The molecule has 67 heavy (non-hydrogen) atoms. The van der Waals surface area contributed by atoms with Crippen molar-refractivity contribution in [2.75, 3.05) is 0 Å². The van der Waals surface area contributed by atoms with Crippen LogP contribution in [0, 0.1) is 30.6 Å². The second-order valence-corrected chi connectivity index (χ2v) is 18.9. The lowest BCUT2D eigenvalue weighted by atomic mass is 9.70. The summed E-state index contributed by atoms with van der Waals surface area (Å²) in [5, 5.41) is 0. The third-order valence-electron chi connectivity index (χ3n) is 14.1. The largest absolute Gasteiger partial charge is 0.312 e. The Morgan fingerprint density at radius 3 is 2.19 bits per heavy atom. The van der Waals surface area contributed by atoms with Crippen molar-refractivity contribution in [2.45, 2.75) is 127 Å². The van der Waals surface area contributed by atoms with E-state index in [2.05, 4.69) is 210 Å². The van der Waals surface area contributed by atoms with Crippen LogP contribution in [0.25, 0.3) is 45.7 Å². The van der Waals surface area contributed by atoms with E-state index < -0.39 is 0 Å². The summed E-state index contributed by atoms with van der Waals surface area (Å²) in [4.78, 5) is 0. The first-order valence-corrected chi connectivity index (χ1v) is 25.7. The van der Waals surface area contributed by atoms with Gasteiger partial charge in [0, 0.05) is 35.0 Å². The third-order valence-corrected chi connectivity index (χ3v) is 14.1. The predicted octanol–water partition coefficient (Wildman–Crippen LogP) is 19.4. The van der Waals surface area contributed by atoms with Crippen LogP contribution in [0.5, 0.6) is 0 Å². The van der Waals surface area contributed by atoms with Crippen LogP contribution in [0.3, 0.4) is 0 Å². The Bertz CT molecular complexity index is 2640. The SMILES string of the molecule is C=CCC(/C(C)=C\CC1=C=Cc2c(c3c(n2-c2ccc(-c4ccccc4)cc2)Cc2ccccc2-3)C=C1)C(C1=C(C)C=CCC1)C(C)C.CC.CC.Cc1ccc(C2=CCC(C)CCC2)cc1. The summed E-state index contributed by atoms with van der Waals surface area (Å²) in [7, 11) is 0. The number of rotatable bonds is 11. The fourth-order valence-electron chi connectivity index (χ4n) is 10.6. The topological polar surface area (TPSA) is 4.93 Å². The molecule has 0 saturated carbocycles. The van der Waals surface area contributed by atoms with E-state index in [4.69, 9.17) is 0 Å². The van der Waals surface area contributed by atoms with Gasteiger partial charge in [-0.1, -0.05) is 211 Å². The second-order valence-electron chi connectivity index (χ2n) is 18.9. The highest BCUT2D eigenvalue weighted by Gasteiger charge is 2.31. The maximum atomic E-state index is 4.17. The van der Waals surface area contributed by atoms with Gasteiger partial charge in [-0.2, -0.15) is 0 Å². The van der Waals surface area contributed by atoms with Crippen molar-refractivity contribution in [2.24, 2.45) is 23.7 Å². The molecule has 0 spiro atoms. The van der Waals surface area contributed by atoms with Crippen molar-refractivity contribution in [3.63, 3.8) is 0 Å². The van der Waals surface area contributed by atoms with Crippen molar-refractivity contribution in [1.82, 2.24) is 4.57 Å². The summed E-state index contributed by atoms with van der Waals surface area (Å²) in [5.74, 6) is 2.42. The maximum Gasteiger partial charge on any atom is 0.0615 e. The molecule has 3 atom stereocenters. The van der Waals surface area contributed by atoms with Crippen molar-refractivity contribution in [1.29, 1.82) is 0 Å². The summed E-state index contributed by atoms with van der Waals surface area (Å²) in [6, 6.07) is 37.5. The molecule has 3 unspecified atom stereocenters. The molecule has 0 bridgehead atoms. The lowest BCUT2D eigenvalue weighted by molar-refractivity contribution is 0.323. The lowest BCUT2D eigenvalue weighted by Crippen LogP contribution is -2.25. The quantitative estimate of drug-likeness (QED) is 0.0902. The van der Waals surface area contributed by atoms with Gasteiger partial charge in [-0.15, -0.1) is 12.3 Å². The van der Waals surface area contributed by atoms with Gasteiger partial charge in [-0.3, -0.25) is 0 Å². The molecule has 1 heterocycles. The Balaban J connectivity index is 0.000000327. The minimum Gasteiger partial charge on any atom is -0.312 e. The van der Waals surface area contributed by atoms with Gasteiger partial charge in [-0.25, -0.2) is 0 Å². The summed E-state index contributed by atoms with van der Waals surface area (Å²) in [6.07, 6.45) is 28.9. The van der Waals surface area contributed by atoms with Gasteiger partial charge in [-0.05, 0) is 140 Å². The number of allylic oxidation sites excluding steroid dienone is 11. The van der Waals surface area contributed by atoms with Gasteiger partial charge in [0.05, 0.1) is 5.69 Å². The molecule has 0 fully saturated rings. The highest BCUT2D eigenvalue weighted by molar-refractivity contribution is 5.90. The van der Waals surface area contributed by atoms with Crippen LogP contribution < -0.4 is 0 Å². The lowest BCUT2D eigenvalue weighted by Gasteiger charge is -2.35. The monoisotopic (exact) mass is 886 g/mol. The molecular formula is C66H79N. The van der Waals surface area contributed by atoms with E-state index in [0.29, 0.717) is 17.8 Å². The number of hydrogen-bond donors (Lipinski definition) is 0. The summed E-state index contributed by atoms with van der Waals surface area (Å²) in [5.41, 5.74) is 25.5. The Morgan fingerprint density at radius 1 is 0.806 bits per heavy atom. The van der Waals surface area contributed by atoms with Crippen LogP contribution in [0.1, 0.15) is 147 Å². The number of aryl methyl sites for hydroxylation is 1. The minimum atomic E-state index is 0.457. The molecule has 348 valence electrons. The smallest absolute Gasteiger partial charge is 0.0615 e. The van der Waals surface area contributed by atoms with Crippen molar-refractivity contribution >= 4 is 17.7 Å². The fraction of sp³-hybridized carbons (Fsp3) is 0.348. The molecule has 1 aromatic heterocycles. The van der Waals surface area contributed by atoms with E-state index in [1.807, 2.05) is 27.7 Å². The summed E-state index contributed by atoms with van der Waals surface area (Å²) < 4.78 is 2.48. The Labute approximate surface area is 406 Å². The molecular weight excluding hydrogens is 807 g/mol. The van der Waals surface area contributed by atoms with E-state index in [0.717, 1.165) is 31.6 Å². The third kappa shape index (κ3) is 12.2. The fourth-order valence-corrected chi connectivity index (χ4v) is 10.6. The molecule has 1 nitrogen and oxygen atoms in total. The highest BCUT2D eigenvalue weighted by atomic mass is 15.0. The van der Waals surface area contributed by atoms with E-state index in [-0.39, 0.29) is 0 Å². The van der Waals surface area contributed by atoms with E-state index in [1.165, 1.54) is 110 Å². The van der Waals surface area contributed by atoms with Crippen LogP contribution in [0.4, 0.5) is 0 Å². The first-order valence-electron chi connectivity index (χ1n) is 25.7. The Morgan fingerprint density at radius 2 is 1.49 bits per heavy atom. The zero-order valence-electron chi connectivity index (χ0n) is 42.8. The molecule has 0 radical (unpaired) electrons. The van der Waals surface area contributed by atoms with Crippen LogP contribution in [0.15, 0.2) is 174 Å². The molecule has 0 saturated heterocycles. The van der Waals surface area contributed by atoms with E-state index >= 15 is 0 Å². The minimum absolute atomic E-state index is 0.457. The molecule has 0 N–H and O–H groups in total. The Kier molecular flexibility index (Phi) is 18.7. The molecule has 0 amide bonds. The molecule has 9 rings (SSSR count). The van der Waals surface area contributed by atoms with Crippen LogP contribution in [0.2, 0.25) is 0 Å². The second kappa shape index (κ2) is 24.8. The number of aromatic nitrogens is 1. The first kappa shape index (κ1) is 50.5. The van der Waals surface area contributed by atoms with Gasteiger partial charge in [0.15, 0.2) is 0 Å². The number of hydrogen-bond acceptors (Lipinski definition) is 0. The average molecular weight is 886 g/mol.